The van der Waals surface area contributed by atoms with E-state index in [9.17, 15) is 14.3 Å². The Morgan fingerprint density at radius 1 is 0.926 bits per heavy atom. The van der Waals surface area contributed by atoms with Crippen LogP contribution < -0.4 is 4.89 Å². The maximum absolute atomic E-state index is 11.9. The molecule has 160 valence electrons. The number of phosphoric acid groups is 1. The number of carbonyl (C=O) groups is 1. The fourth-order valence-corrected chi connectivity index (χ4v) is 3.88. The number of quaternary nitrogens is 1. The van der Waals surface area contributed by atoms with Gasteiger partial charge in [-0.05, 0) is 39.0 Å². The molecule has 0 aromatic rings. The lowest BCUT2D eigenvalue weighted by Crippen LogP contribution is -2.51. The number of esters is 1. The minimum absolute atomic E-state index is 0.0181. The molecule has 0 rings (SSSR count). The summed E-state index contributed by atoms with van der Waals surface area (Å²) in [5, 5.41) is 0. The van der Waals surface area contributed by atoms with E-state index in [1.54, 1.807) is 6.92 Å². The van der Waals surface area contributed by atoms with Gasteiger partial charge in [0.25, 0.3) is 7.82 Å². The van der Waals surface area contributed by atoms with Crippen LogP contribution in [0.4, 0.5) is 0 Å². The summed E-state index contributed by atoms with van der Waals surface area (Å²) in [7, 11) is -4.30. The summed E-state index contributed by atoms with van der Waals surface area (Å²) in [5.74, 6) is -0.443. The molecular formula is C19H38NO6P. The second-order valence-electron chi connectivity index (χ2n) is 6.97. The topological polar surface area (TPSA) is 84.9 Å². The lowest BCUT2D eigenvalue weighted by Gasteiger charge is -2.39. The van der Waals surface area contributed by atoms with E-state index in [0.29, 0.717) is 25.0 Å². The first-order valence-electron chi connectivity index (χ1n) is 9.99. The van der Waals surface area contributed by atoms with E-state index in [1.807, 2.05) is 0 Å². The quantitative estimate of drug-likeness (QED) is 0.121. The van der Waals surface area contributed by atoms with Gasteiger partial charge in [-0.3, -0.25) is 4.57 Å². The predicted octanol–water partition coefficient (Wildman–Crippen LogP) is 3.43. The van der Waals surface area contributed by atoms with Gasteiger partial charge in [0.05, 0.1) is 32.8 Å². The SMILES string of the molecule is C=C(C)C(=O)OCCCCOP(=O)([O-])OCC[N+](CCC)(CCC)CCC. The summed E-state index contributed by atoms with van der Waals surface area (Å²) in [5.41, 5.74) is 0.340. The predicted molar refractivity (Wildman–Crippen MR) is 105 cm³/mol. The van der Waals surface area contributed by atoms with Crippen molar-refractivity contribution in [1.82, 2.24) is 0 Å². The number of rotatable bonds is 17. The number of phosphoric ester groups is 1. The first-order chi connectivity index (χ1) is 12.7. The number of hydrogen-bond donors (Lipinski definition) is 0. The molecule has 0 aromatic carbocycles. The minimum atomic E-state index is -4.30. The largest absolute Gasteiger partial charge is 0.756 e. The van der Waals surface area contributed by atoms with Gasteiger partial charge in [0.15, 0.2) is 0 Å². The average molecular weight is 407 g/mol. The molecule has 0 amide bonds. The Kier molecular flexibility index (Phi) is 13.9. The smallest absolute Gasteiger partial charge is 0.333 e. The first kappa shape index (κ1) is 26.3. The number of ether oxygens (including phenoxy) is 1. The zero-order valence-corrected chi connectivity index (χ0v) is 18.4. The third-order valence-electron chi connectivity index (χ3n) is 4.28. The van der Waals surface area contributed by atoms with Crippen molar-refractivity contribution in [3.05, 3.63) is 12.2 Å². The van der Waals surface area contributed by atoms with Crippen molar-refractivity contribution in [2.45, 2.75) is 59.8 Å². The molecule has 0 aliphatic heterocycles. The Balaban J connectivity index is 4.17. The maximum Gasteiger partial charge on any atom is 0.333 e. The minimum Gasteiger partial charge on any atom is -0.756 e. The van der Waals surface area contributed by atoms with E-state index in [-0.39, 0.29) is 19.8 Å². The summed E-state index contributed by atoms with van der Waals surface area (Å²) >= 11 is 0. The Hall–Kier alpha value is -0.720. The van der Waals surface area contributed by atoms with Crippen molar-refractivity contribution < 1.29 is 32.5 Å². The van der Waals surface area contributed by atoms with Crippen LogP contribution in [-0.4, -0.2) is 56.5 Å². The van der Waals surface area contributed by atoms with Gasteiger partial charge in [-0.25, -0.2) is 4.79 Å². The van der Waals surface area contributed by atoms with Crippen LogP contribution >= 0.6 is 7.82 Å². The highest BCUT2D eigenvalue weighted by atomic mass is 31.2. The highest BCUT2D eigenvalue weighted by Crippen LogP contribution is 2.38. The van der Waals surface area contributed by atoms with Crippen LogP contribution in [0.3, 0.4) is 0 Å². The van der Waals surface area contributed by atoms with E-state index in [4.69, 9.17) is 13.8 Å². The average Bonchev–Trinajstić information content (AvgIpc) is 2.58. The normalized spacial score (nSPS) is 14.0. The molecule has 0 bridgehead atoms. The van der Waals surface area contributed by atoms with Crippen LogP contribution in [0.5, 0.6) is 0 Å². The Morgan fingerprint density at radius 3 is 1.89 bits per heavy atom. The van der Waals surface area contributed by atoms with Gasteiger partial charge >= 0.3 is 5.97 Å². The van der Waals surface area contributed by atoms with E-state index in [2.05, 4.69) is 27.4 Å². The Bertz CT molecular complexity index is 466. The van der Waals surface area contributed by atoms with Crippen molar-refractivity contribution in [1.29, 1.82) is 0 Å². The lowest BCUT2D eigenvalue weighted by molar-refractivity contribution is -0.928. The van der Waals surface area contributed by atoms with Crippen LogP contribution in [0.1, 0.15) is 59.8 Å². The maximum atomic E-state index is 11.9. The van der Waals surface area contributed by atoms with E-state index >= 15 is 0 Å². The van der Waals surface area contributed by atoms with E-state index < -0.39 is 13.8 Å². The summed E-state index contributed by atoms with van der Waals surface area (Å²) in [6.07, 6.45) is 4.15. The molecule has 0 aliphatic carbocycles. The number of unbranched alkanes of at least 4 members (excludes halogenated alkanes) is 1. The van der Waals surface area contributed by atoms with Crippen LogP contribution in [0, 0.1) is 0 Å². The van der Waals surface area contributed by atoms with Crippen molar-refractivity contribution in [3.8, 4) is 0 Å². The molecule has 7 nitrogen and oxygen atoms in total. The molecule has 0 heterocycles. The second-order valence-corrected chi connectivity index (χ2v) is 8.38. The van der Waals surface area contributed by atoms with Gasteiger partial charge in [0.1, 0.15) is 13.2 Å². The van der Waals surface area contributed by atoms with E-state index in [1.165, 1.54) is 0 Å². The van der Waals surface area contributed by atoms with Gasteiger partial charge in [-0.15, -0.1) is 0 Å². The summed E-state index contributed by atoms with van der Waals surface area (Å²) in [4.78, 5) is 23.1. The number of nitrogens with zero attached hydrogens (tertiary/aromatic N) is 1. The lowest BCUT2D eigenvalue weighted by atomic mass is 10.2. The Morgan fingerprint density at radius 2 is 1.41 bits per heavy atom. The second kappa shape index (κ2) is 14.3. The van der Waals surface area contributed by atoms with E-state index in [0.717, 1.165) is 43.4 Å². The van der Waals surface area contributed by atoms with Crippen LogP contribution in [-0.2, 0) is 23.1 Å². The van der Waals surface area contributed by atoms with Crippen molar-refractivity contribution in [2.24, 2.45) is 0 Å². The highest BCUT2D eigenvalue weighted by molar-refractivity contribution is 7.45. The monoisotopic (exact) mass is 407 g/mol. The molecule has 1 atom stereocenters. The molecular weight excluding hydrogens is 369 g/mol. The number of carbonyl (C=O) groups excluding carboxylic acids is 1. The summed E-state index contributed by atoms with van der Waals surface area (Å²) in [6.45, 7) is 15.6. The molecule has 0 N–H and O–H groups in total. The summed E-state index contributed by atoms with van der Waals surface area (Å²) in [6, 6.07) is 0. The molecule has 27 heavy (non-hydrogen) atoms. The molecule has 0 spiro atoms. The van der Waals surface area contributed by atoms with Crippen LogP contribution in [0.2, 0.25) is 0 Å². The molecule has 0 aliphatic rings. The third kappa shape index (κ3) is 12.4. The molecule has 0 saturated carbocycles. The van der Waals surface area contributed by atoms with Gasteiger partial charge in [-0.2, -0.15) is 0 Å². The fraction of sp³-hybridized carbons (Fsp3) is 0.842. The van der Waals surface area contributed by atoms with Crippen molar-refractivity contribution in [2.75, 3.05) is 46.0 Å². The first-order valence-corrected chi connectivity index (χ1v) is 11.5. The fourth-order valence-electron chi connectivity index (χ4n) is 3.15. The standard InChI is InChI=1S/C19H38NO6P/c1-6-11-20(12-7-2,13-8-3)14-17-26-27(22,23)25-16-10-9-15-24-19(21)18(4)5/h4,6-17H2,1-3,5H3. The third-order valence-corrected chi connectivity index (χ3v) is 5.28. The van der Waals surface area contributed by atoms with Crippen molar-refractivity contribution in [3.63, 3.8) is 0 Å². The molecule has 0 aromatic heterocycles. The highest BCUT2D eigenvalue weighted by Gasteiger charge is 2.25. The molecule has 8 heteroatoms. The molecule has 0 radical (unpaired) electrons. The van der Waals surface area contributed by atoms with Gasteiger partial charge in [-0.1, -0.05) is 27.4 Å². The van der Waals surface area contributed by atoms with Gasteiger partial charge in [0, 0.05) is 5.57 Å². The molecule has 0 fully saturated rings. The molecule has 0 saturated heterocycles. The van der Waals surface area contributed by atoms with Crippen LogP contribution in [0.25, 0.3) is 0 Å². The number of hydrogen-bond acceptors (Lipinski definition) is 6. The zero-order valence-electron chi connectivity index (χ0n) is 17.5. The van der Waals surface area contributed by atoms with Crippen LogP contribution in [0.15, 0.2) is 12.2 Å². The summed E-state index contributed by atoms with van der Waals surface area (Å²) < 4.78 is 27.7. The van der Waals surface area contributed by atoms with Gasteiger partial charge < -0.3 is 23.2 Å². The van der Waals surface area contributed by atoms with Gasteiger partial charge in [0.2, 0.25) is 0 Å². The van der Waals surface area contributed by atoms with Crippen molar-refractivity contribution >= 4 is 13.8 Å². The Labute approximate surface area is 164 Å². The molecule has 1 unspecified atom stereocenters. The zero-order chi connectivity index (χ0) is 20.8.